The van der Waals surface area contributed by atoms with Gasteiger partial charge in [0.25, 0.3) is 5.91 Å². The van der Waals surface area contributed by atoms with Gasteiger partial charge >= 0.3 is 0 Å². The number of carbonyl (C=O) groups excluding carboxylic acids is 2. The average molecular weight is 221 g/mol. The lowest BCUT2D eigenvalue weighted by molar-refractivity contribution is -0.118. The molecular weight excluding hydrogens is 206 g/mol. The summed E-state index contributed by atoms with van der Waals surface area (Å²) < 4.78 is 0. The van der Waals surface area contributed by atoms with E-state index in [1.165, 1.54) is 6.92 Å². The molecule has 0 saturated carbocycles. The quantitative estimate of drug-likeness (QED) is 0.499. The van der Waals surface area contributed by atoms with E-state index in [1.807, 2.05) is 0 Å². The fourth-order valence-corrected chi connectivity index (χ4v) is 1.20. The van der Waals surface area contributed by atoms with Gasteiger partial charge in [0.05, 0.1) is 0 Å². The van der Waals surface area contributed by atoms with Crippen molar-refractivity contribution in [2.24, 2.45) is 0 Å². The number of nitrogens with one attached hydrogen (secondary N) is 2. The molecule has 5 heteroatoms. The van der Waals surface area contributed by atoms with Crippen molar-refractivity contribution in [3.05, 3.63) is 29.8 Å². The van der Waals surface area contributed by atoms with Crippen LogP contribution in [0.2, 0.25) is 0 Å². The zero-order valence-electron chi connectivity index (χ0n) is 9.12. The number of hydrogen-bond donors (Lipinski definition) is 3. The third kappa shape index (κ3) is 4.00. The number of nitrogens with two attached hydrogens (primary N) is 1. The van der Waals surface area contributed by atoms with Crippen LogP contribution in [-0.4, -0.2) is 24.9 Å². The molecule has 1 aromatic rings. The first-order valence-electron chi connectivity index (χ1n) is 4.98. The zero-order valence-corrected chi connectivity index (χ0v) is 9.12. The summed E-state index contributed by atoms with van der Waals surface area (Å²) in [6.45, 7) is 2.25. The van der Waals surface area contributed by atoms with Gasteiger partial charge in [0.15, 0.2) is 0 Å². The van der Waals surface area contributed by atoms with Gasteiger partial charge in [0.1, 0.15) is 0 Å². The molecule has 86 valence electrons. The molecule has 1 aromatic carbocycles. The van der Waals surface area contributed by atoms with Crippen molar-refractivity contribution < 1.29 is 9.59 Å². The van der Waals surface area contributed by atoms with Crippen molar-refractivity contribution in [3.63, 3.8) is 0 Å². The first-order chi connectivity index (χ1) is 7.59. The van der Waals surface area contributed by atoms with Crippen molar-refractivity contribution in [2.75, 3.05) is 18.8 Å². The molecule has 0 heterocycles. The van der Waals surface area contributed by atoms with Crippen LogP contribution in [0.15, 0.2) is 24.3 Å². The smallest absolute Gasteiger partial charge is 0.251 e. The molecule has 0 aliphatic carbocycles. The Morgan fingerprint density at radius 2 is 1.94 bits per heavy atom. The Bertz CT molecular complexity index is 391. The van der Waals surface area contributed by atoms with Crippen LogP contribution in [0.25, 0.3) is 0 Å². The molecule has 0 atom stereocenters. The fourth-order valence-electron chi connectivity index (χ4n) is 1.20. The fraction of sp³-hybridized carbons (Fsp3) is 0.273. The molecule has 0 spiro atoms. The van der Waals surface area contributed by atoms with Crippen LogP contribution in [0.3, 0.4) is 0 Å². The SMILES string of the molecule is CC(=O)NCCNC(=O)c1cccc(N)c1. The molecule has 0 fully saturated rings. The monoisotopic (exact) mass is 221 g/mol. The summed E-state index contributed by atoms with van der Waals surface area (Å²) in [6.07, 6.45) is 0. The van der Waals surface area contributed by atoms with Gasteiger partial charge < -0.3 is 16.4 Å². The van der Waals surface area contributed by atoms with Gasteiger partial charge in [-0.25, -0.2) is 0 Å². The standard InChI is InChI=1S/C11H15N3O2/c1-8(15)13-5-6-14-11(16)9-3-2-4-10(12)7-9/h2-4,7H,5-6,12H2,1H3,(H,13,15)(H,14,16). The summed E-state index contributed by atoms with van der Waals surface area (Å²) in [6, 6.07) is 6.73. The Morgan fingerprint density at radius 3 is 2.56 bits per heavy atom. The number of benzene rings is 1. The third-order valence-electron chi connectivity index (χ3n) is 1.93. The normalized spacial score (nSPS) is 9.56. The van der Waals surface area contributed by atoms with E-state index in [9.17, 15) is 9.59 Å². The lowest BCUT2D eigenvalue weighted by Crippen LogP contribution is -2.33. The molecule has 0 unspecified atom stereocenters. The summed E-state index contributed by atoms with van der Waals surface area (Å²) in [4.78, 5) is 22.1. The minimum atomic E-state index is -0.197. The van der Waals surface area contributed by atoms with Gasteiger partial charge in [0.2, 0.25) is 5.91 Å². The van der Waals surface area contributed by atoms with Crippen LogP contribution in [0.4, 0.5) is 5.69 Å². The zero-order chi connectivity index (χ0) is 12.0. The number of nitrogen functional groups attached to an aromatic ring is 1. The minimum Gasteiger partial charge on any atom is -0.399 e. The van der Waals surface area contributed by atoms with E-state index in [4.69, 9.17) is 5.73 Å². The second kappa shape index (κ2) is 5.75. The summed E-state index contributed by atoms with van der Waals surface area (Å²) >= 11 is 0. The molecular formula is C11H15N3O2. The summed E-state index contributed by atoms with van der Waals surface area (Å²) in [7, 11) is 0. The highest BCUT2D eigenvalue weighted by molar-refractivity contribution is 5.94. The van der Waals surface area contributed by atoms with Crippen LogP contribution in [0.1, 0.15) is 17.3 Å². The van der Waals surface area contributed by atoms with Gasteiger partial charge in [-0.3, -0.25) is 9.59 Å². The van der Waals surface area contributed by atoms with E-state index in [0.717, 1.165) is 0 Å². The van der Waals surface area contributed by atoms with Crippen molar-refractivity contribution in [3.8, 4) is 0 Å². The van der Waals surface area contributed by atoms with Gasteiger partial charge in [-0.1, -0.05) is 6.07 Å². The lowest BCUT2D eigenvalue weighted by atomic mass is 10.2. The van der Waals surface area contributed by atoms with E-state index in [0.29, 0.717) is 24.3 Å². The maximum atomic E-state index is 11.6. The molecule has 4 N–H and O–H groups in total. The van der Waals surface area contributed by atoms with Crippen molar-refractivity contribution >= 4 is 17.5 Å². The first-order valence-corrected chi connectivity index (χ1v) is 4.98. The Labute approximate surface area is 94.0 Å². The Kier molecular flexibility index (Phi) is 4.32. The van der Waals surface area contributed by atoms with E-state index in [1.54, 1.807) is 24.3 Å². The van der Waals surface area contributed by atoms with Crippen LogP contribution >= 0.6 is 0 Å². The van der Waals surface area contributed by atoms with E-state index >= 15 is 0 Å². The number of hydrogen-bond acceptors (Lipinski definition) is 3. The van der Waals surface area contributed by atoms with Crippen LogP contribution < -0.4 is 16.4 Å². The van der Waals surface area contributed by atoms with Crippen LogP contribution in [0, 0.1) is 0 Å². The van der Waals surface area contributed by atoms with Gasteiger partial charge in [-0.2, -0.15) is 0 Å². The van der Waals surface area contributed by atoms with Crippen molar-refractivity contribution in [1.82, 2.24) is 10.6 Å². The van der Waals surface area contributed by atoms with E-state index in [2.05, 4.69) is 10.6 Å². The van der Waals surface area contributed by atoms with Gasteiger partial charge in [0, 0.05) is 31.3 Å². The largest absolute Gasteiger partial charge is 0.399 e. The van der Waals surface area contributed by atoms with Crippen LogP contribution in [-0.2, 0) is 4.79 Å². The summed E-state index contributed by atoms with van der Waals surface area (Å²) in [5, 5.41) is 5.26. The highest BCUT2D eigenvalue weighted by Crippen LogP contribution is 2.05. The molecule has 0 aliphatic rings. The lowest BCUT2D eigenvalue weighted by Gasteiger charge is -2.06. The Balaban J connectivity index is 2.38. The van der Waals surface area contributed by atoms with Gasteiger partial charge in [-0.05, 0) is 18.2 Å². The molecule has 5 nitrogen and oxygen atoms in total. The molecule has 0 bridgehead atoms. The number of carbonyl (C=O) groups is 2. The van der Waals surface area contributed by atoms with Crippen molar-refractivity contribution in [1.29, 1.82) is 0 Å². The molecule has 0 radical (unpaired) electrons. The second-order valence-corrected chi connectivity index (χ2v) is 3.36. The average Bonchev–Trinajstić information content (AvgIpc) is 2.24. The minimum absolute atomic E-state index is 0.113. The topological polar surface area (TPSA) is 84.2 Å². The number of rotatable bonds is 4. The molecule has 0 aromatic heterocycles. The maximum absolute atomic E-state index is 11.6. The summed E-state index contributed by atoms with van der Waals surface area (Å²) in [5.74, 6) is -0.309. The van der Waals surface area contributed by atoms with Gasteiger partial charge in [-0.15, -0.1) is 0 Å². The molecule has 0 aliphatic heterocycles. The predicted molar refractivity (Wildman–Crippen MR) is 61.9 cm³/mol. The van der Waals surface area contributed by atoms with Crippen LogP contribution in [0.5, 0.6) is 0 Å². The first kappa shape index (κ1) is 12.0. The second-order valence-electron chi connectivity index (χ2n) is 3.36. The number of anilines is 1. The Hall–Kier alpha value is -2.04. The predicted octanol–water partition coefficient (Wildman–Crippen LogP) is 0.135. The third-order valence-corrected chi connectivity index (χ3v) is 1.93. The number of amides is 2. The molecule has 1 rings (SSSR count). The highest BCUT2D eigenvalue weighted by atomic mass is 16.2. The highest BCUT2D eigenvalue weighted by Gasteiger charge is 2.04. The molecule has 0 saturated heterocycles. The Morgan fingerprint density at radius 1 is 1.25 bits per heavy atom. The molecule has 16 heavy (non-hydrogen) atoms. The maximum Gasteiger partial charge on any atom is 0.251 e. The molecule has 2 amide bonds. The van der Waals surface area contributed by atoms with Crippen molar-refractivity contribution in [2.45, 2.75) is 6.92 Å². The van der Waals surface area contributed by atoms with E-state index in [-0.39, 0.29) is 11.8 Å². The summed E-state index contributed by atoms with van der Waals surface area (Å²) in [5.41, 5.74) is 6.62. The van der Waals surface area contributed by atoms with E-state index < -0.39 is 0 Å².